The number of aromatic amines is 1. The van der Waals surface area contributed by atoms with Crippen molar-refractivity contribution in [3.05, 3.63) is 11.6 Å². The Kier molecular flexibility index (Phi) is 2.48. The Morgan fingerprint density at radius 1 is 1.40 bits per heavy atom. The average Bonchev–Trinajstić information content (AvgIpc) is 2.62. The molecule has 0 amide bonds. The Balaban J connectivity index is 2.62. The molecule has 0 saturated carbocycles. The van der Waals surface area contributed by atoms with Crippen molar-refractivity contribution < 1.29 is 0 Å². The molecule has 0 aromatic carbocycles. The molecule has 0 bridgehead atoms. The highest BCUT2D eigenvalue weighted by molar-refractivity contribution is 6.28. The minimum Gasteiger partial charge on any atom is -0.355 e. The molecule has 0 aliphatic rings. The predicted molar refractivity (Wildman–Crippen MR) is 60.2 cm³/mol. The monoisotopic (exact) mass is 225 g/mol. The first-order chi connectivity index (χ1) is 7.09. The minimum atomic E-state index is 0.220. The van der Waals surface area contributed by atoms with Gasteiger partial charge in [-0.3, -0.25) is 0 Å². The summed E-state index contributed by atoms with van der Waals surface area (Å²) in [6.07, 6.45) is 1.59. The molecule has 0 saturated heterocycles. The molecule has 0 atom stereocenters. The quantitative estimate of drug-likeness (QED) is 0.793. The van der Waals surface area contributed by atoms with Gasteiger partial charge in [0.15, 0.2) is 11.5 Å². The molecular formula is C9H12ClN5. The van der Waals surface area contributed by atoms with Gasteiger partial charge in [0.1, 0.15) is 5.52 Å². The lowest BCUT2D eigenvalue weighted by Crippen LogP contribution is -2.27. The Hall–Kier alpha value is -1.36. The van der Waals surface area contributed by atoms with Gasteiger partial charge in [0, 0.05) is 13.1 Å². The van der Waals surface area contributed by atoms with Crippen LogP contribution in [-0.4, -0.2) is 33.0 Å². The van der Waals surface area contributed by atoms with Crippen molar-refractivity contribution in [3.8, 4) is 0 Å². The Labute approximate surface area is 92.5 Å². The Morgan fingerprint density at radius 3 is 2.80 bits per heavy atom. The number of rotatable bonds is 2. The molecule has 6 heteroatoms. The van der Waals surface area contributed by atoms with Crippen LogP contribution in [0.1, 0.15) is 13.8 Å². The number of H-pyrrole nitrogens is 1. The lowest BCUT2D eigenvalue weighted by atomic mass is 10.3. The second-order valence-electron chi connectivity index (χ2n) is 3.62. The third kappa shape index (κ3) is 1.74. The molecule has 5 nitrogen and oxygen atoms in total. The highest BCUT2D eigenvalue weighted by Crippen LogP contribution is 2.22. The third-order valence-corrected chi connectivity index (χ3v) is 2.52. The molecular weight excluding hydrogens is 214 g/mol. The van der Waals surface area contributed by atoms with Gasteiger partial charge in [-0.25, -0.2) is 4.98 Å². The molecule has 0 spiro atoms. The van der Waals surface area contributed by atoms with E-state index in [1.807, 2.05) is 11.9 Å². The van der Waals surface area contributed by atoms with Gasteiger partial charge in [-0.05, 0) is 25.4 Å². The molecule has 80 valence electrons. The number of nitrogens with zero attached hydrogens (tertiary/aromatic N) is 4. The summed E-state index contributed by atoms with van der Waals surface area (Å²) in [5, 5.41) is 0.220. The molecule has 0 fully saturated rings. The van der Waals surface area contributed by atoms with Crippen LogP contribution in [0.4, 0.5) is 5.82 Å². The number of anilines is 1. The summed E-state index contributed by atoms with van der Waals surface area (Å²) in [5.74, 6) is 0.775. The SMILES string of the molecule is CC(C)N(C)c1nc(Cl)nc2nc[nH]c12. The maximum atomic E-state index is 5.83. The van der Waals surface area contributed by atoms with Crippen LogP contribution in [0, 0.1) is 0 Å². The first kappa shape index (κ1) is 10.2. The zero-order chi connectivity index (χ0) is 11.0. The molecule has 15 heavy (non-hydrogen) atoms. The smallest absolute Gasteiger partial charge is 0.226 e. The first-order valence-corrected chi connectivity index (χ1v) is 5.07. The van der Waals surface area contributed by atoms with E-state index in [1.54, 1.807) is 6.33 Å². The van der Waals surface area contributed by atoms with E-state index in [4.69, 9.17) is 11.6 Å². The lowest BCUT2D eigenvalue weighted by molar-refractivity contribution is 0.745. The van der Waals surface area contributed by atoms with E-state index in [9.17, 15) is 0 Å². The number of nitrogens with one attached hydrogen (secondary N) is 1. The number of aromatic nitrogens is 4. The molecule has 2 heterocycles. The maximum Gasteiger partial charge on any atom is 0.226 e. The largest absolute Gasteiger partial charge is 0.355 e. The molecule has 0 aliphatic heterocycles. The summed E-state index contributed by atoms with van der Waals surface area (Å²) >= 11 is 5.83. The van der Waals surface area contributed by atoms with Crippen LogP contribution in [0.2, 0.25) is 5.28 Å². The highest BCUT2D eigenvalue weighted by atomic mass is 35.5. The lowest BCUT2D eigenvalue weighted by Gasteiger charge is -2.22. The molecule has 1 N–H and O–H groups in total. The number of halogens is 1. The first-order valence-electron chi connectivity index (χ1n) is 4.69. The van der Waals surface area contributed by atoms with Crippen molar-refractivity contribution >= 4 is 28.6 Å². The number of hydrogen-bond acceptors (Lipinski definition) is 4. The van der Waals surface area contributed by atoms with Crippen LogP contribution in [0.3, 0.4) is 0 Å². The van der Waals surface area contributed by atoms with Crippen LogP contribution >= 0.6 is 11.6 Å². The van der Waals surface area contributed by atoms with Gasteiger partial charge in [0.25, 0.3) is 0 Å². The molecule has 2 aromatic heterocycles. The van der Waals surface area contributed by atoms with Gasteiger partial charge in [-0.15, -0.1) is 0 Å². The van der Waals surface area contributed by atoms with Crippen molar-refractivity contribution in [3.63, 3.8) is 0 Å². The summed E-state index contributed by atoms with van der Waals surface area (Å²) in [7, 11) is 1.96. The molecule has 2 aromatic rings. The van der Waals surface area contributed by atoms with Crippen molar-refractivity contribution in [2.45, 2.75) is 19.9 Å². The van der Waals surface area contributed by atoms with Gasteiger partial charge in [0.2, 0.25) is 5.28 Å². The van der Waals surface area contributed by atoms with Crippen LogP contribution in [0.25, 0.3) is 11.2 Å². The second kappa shape index (κ2) is 3.66. The Bertz CT molecular complexity index is 478. The van der Waals surface area contributed by atoms with Gasteiger partial charge < -0.3 is 9.88 Å². The van der Waals surface area contributed by atoms with Gasteiger partial charge >= 0.3 is 0 Å². The average molecular weight is 226 g/mol. The van der Waals surface area contributed by atoms with Crippen molar-refractivity contribution in [2.75, 3.05) is 11.9 Å². The second-order valence-corrected chi connectivity index (χ2v) is 3.96. The zero-order valence-electron chi connectivity index (χ0n) is 8.82. The molecule has 0 unspecified atom stereocenters. The fourth-order valence-electron chi connectivity index (χ4n) is 1.29. The predicted octanol–water partition coefficient (Wildman–Crippen LogP) is 1.85. The van der Waals surface area contributed by atoms with Crippen molar-refractivity contribution in [2.24, 2.45) is 0 Å². The van der Waals surface area contributed by atoms with Gasteiger partial charge in [-0.2, -0.15) is 9.97 Å². The van der Waals surface area contributed by atoms with E-state index in [0.29, 0.717) is 11.7 Å². The van der Waals surface area contributed by atoms with Crippen LogP contribution < -0.4 is 4.90 Å². The van der Waals surface area contributed by atoms with Gasteiger partial charge in [0.05, 0.1) is 6.33 Å². The summed E-state index contributed by atoms with van der Waals surface area (Å²) in [6.45, 7) is 4.16. The Morgan fingerprint density at radius 2 is 2.13 bits per heavy atom. The normalized spacial score (nSPS) is 11.3. The van der Waals surface area contributed by atoms with E-state index < -0.39 is 0 Å². The van der Waals surface area contributed by atoms with E-state index in [-0.39, 0.29) is 5.28 Å². The summed E-state index contributed by atoms with van der Waals surface area (Å²) in [5.41, 5.74) is 1.41. The summed E-state index contributed by atoms with van der Waals surface area (Å²) < 4.78 is 0. The molecule has 2 rings (SSSR count). The van der Waals surface area contributed by atoms with Crippen molar-refractivity contribution in [1.29, 1.82) is 0 Å². The summed E-state index contributed by atoms with van der Waals surface area (Å²) in [4.78, 5) is 17.3. The number of fused-ring (bicyclic) bond motifs is 1. The summed E-state index contributed by atoms with van der Waals surface area (Å²) in [6, 6.07) is 0.336. The van der Waals surface area contributed by atoms with Crippen LogP contribution in [0.15, 0.2) is 6.33 Å². The van der Waals surface area contributed by atoms with E-state index in [2.05, 4.69) is 33.8 Å². The van der Waals surface area contributed by atoms with Crippen molar-refractivity contribution in [1.82, 2.24) is 19.9 Å². The fourth-order valence-corrected chi connectivity index (χ4v) is 1.45. The highest BCUT2D eigenvalue weighted by Gasteiger charge is 2.14. The van der Waals surface area contributed by atoms with Crippen LogP contribution in [-0.2, 0) is 0 Å². The number of hydrogen-bond donors (Lipinski definition) is 1. The fraction of sp³-hybridized carbons (Fsp3) is 0.444. The van der Waals surface area contributed by atoms with E-state index in [1.165, 1.54) is 0 Å². The van der Waals surface area contributed by atoms with E-state index >= 15 is 0 Å². The topological polar surface area (TPSA) is 57.7 Å². The zero-order valence-corrected chi connectivity index (χ0v) is 9.58. The standard InChI is InChI=1S/C9H12ClN5/c1-5(2)15(3)8-6-7(12-4-11-6)13-9(10)14-8/h4-5H,1-3H3,(H,11,12,13,14). The van der Waals surface area contributed by atoms with Crippen LogP contribution in [0.5, 0.6) is 0 Å². The third-order valence-electron chi connectivity index (χ3n) is 2.35. The molecule has 0 aliphatic carbocycles. The molecule has 0 radical (unpaired) electrons. The van der Waals surface area contributed by atoms with E-state index in [0.717, 1.165) is 11.3 Å². The maximum absolute atomic E-state index is 5.83. The minimum absolute atomic E-state index is 0.220. The number of imidazole rings is 1. The van der Waals surface area contributed by atoms with Gasteiger partial charge in [-0.1, -0.05) is 0 Å².